The van der Waals surface area contributed by atoms with Gasteiger partial charge in [0.2, 0.25) is 0 Å². The lowest BCUT2D eigenvalue weighted by molar-refractivity contribution is 0.0604. The highest BCUT2D eigenvalue weighted by atomic mass is 19.1. The van der Waals surface area contributed by atoms with Crippen molar-refractivity contribution in [2.45, 2.75) is 32.0 Å². The van der Waals surface area contributed by atoms with Crippen LogP contribution in [0.1, 0.15) is 24.0 Å². The zero-order valence-corrected chi connectivity index (χ0v) is 10.7. The van der Waals surface area contributed by atoms with Crippen LogP contribution in [-0.2, 0) is 22.6 Å². The molecule has 0 heterocycles. The van der Waals surface area contributed by atoms with Gasteiger partial charge < -0.3 is 14.8 Å². The lowest BCUT2D eigenvalue weighted by Crippen LogP contribution is -2.15. The van der Waals surface area contributed by atoms with E-state index in [-0.39, 0.29) is 5.82 Å². The average Bonchev–Trinajstić information content (AvgIpc) is 3.19. The quantitative estimate of drug-likeness (QED) is 0.721. The monoisotopic (exact) mass is 253 g/mol. The van der Waals surface area contributed by atoms with Crippen molar-refractivity contribution in [1.82, 2.24) is 5.32 Å². The van der Waals surface area contributed by atoms with Gasteiger partial charge in [-0.1, -0.05) is 6.07 Å². The smallest absolute Gasteiger partial charge is 0.128 e. The highest BCUT2D eigenvalue weighted by Gasteiger charge is 2.20. The van der Waals surface area contributed by atoms with E-state index in [0.29, 0.717) is 31.4 Å². The SMILES string of the molecule is COCCOCc1cc(CNC2CC2)ccc1F. The van der Waals surface area contributed by atoms with E-state index in [1.54, 1.807) is 7.11 Å². The Labute approximate surface area is 107 Å². The summed E-state index contributed by atoms with van der Waals surface area (Å²) in [5, 5.41) is 3.41. The Balaban J connectivity index is 1.84. The maximum atomic E-state index is 13.6. The van der Waals surface area contributed by atoms with E-state index in [9.17, 15) is 4.39 Å². The van der Waals surface area contributed by atoms with E-state index >= 15 is 0 Å². The molecule has 0 atom stereocenters. The standard InChI is InChI=1S/C14H20FNO2/c1-17-6-7-18-10-12-8-11(2-5-14(12)15)9-16-13-3-4-13/h2,5,8,13,16H,3-4,6-7,9-10H2,1H3. The van der Waals surface area contributed by atoms with Crippen LogP contribution in [0.15, 0.2) is 18.2 Å². The van der Waals surface area contributed by atoms with Crippen LogP contribution in [0.2, 0.25) is 0 Å². The molecule has 1 aliphatic rings. The molecule has 0 spiro atoms. The number of benzene rings is 1. The van der Waals surface area contributed by atoms with Crippen LogP contribution in [0.5, 0.6) is 0 Å². The minimum absolute atomic E-state index is 0.206. The fraction of sp³-hybridized carbons (Fsp3) is 0.571. The van der Waals surface area contributed by atoms with Crippen molar-refractivity contribution in [3.05, 3.63) is 35.1 Å². The van der Waals surface area contributed by atoms with Crippen molar-refractivity contribution in [2.75, 3.05) is 20.3 Å². The molecule has 1 saturated carbocycles. The molecule has 0 saturated heterocycles. The number of hydrogen-bond acceptors (Lipinski definition) is 3. The molecular formula is C14H20FNO2. The second-order valence-corrected chi connectivity index (χ2v) is 4.63. The van der Waals surface area contributed by atoms with Crippen LogP contribution in [0.4, 0.5) is 4.39 Å². The molecule has 100 valence electrons. The summed E-state index contributed by atoms with van der Waals surface area (Å²) >= 11 is 0. The van der Waals surface area contributed by atoms with E-state index in [1.165, 1.54) is 18.9 Å². The Morgan fingerprint density at radius 3 is 2.89 bits per heavy atom. The average molecular weight is 253 g/mol. The van der Waals surface area contributed by atoms with Gasteiger partial charge in [-0.05, 0) is 30.5 Å². The van der Waals surface area contributed by atoms with Crippen molar-refractivity contribution < 1.29 is 13.9 Å². The molecule has 1 aliphatic carbocycles. The lowest BCUT2D eigenvalue weighted by Gasteiger charge is -2.08. The van der Waals surface area contributed by atoms with Crippen LogP contribution in [0.25, 0.3) is 0 Å². The molecule has 0 unspecified atom stereocenters. The number of rotatable bonds is 8. The highest BCUT2D eigenvalue weighted by molar-refractivity contribution is 5.24. The fourth-order valence-electron chi connectivity index (χ4n) is 1.72. The van der Waals surface area contributed by atoms with E-state index in [2.05, 4.69) is 5.32 Å². The van der Waals surface area contributed by atoms with Crippen LogP contribution in [0.3, 0.4) is 0 Å². The zero-order chi connectivity index (χ0) is 12.8. The number of ether oxygens (including phenoxy) is 2. The first-order chi connectivity index (χ1) is 8.79. The van der Waals surface area contributed by atoms with Crippen LogP contribution >= 0.6 is 0 Å². The highest BCUT2D eigenvalue weighted by Crippen LogP contribution is 2.20. The van der Waals surface area contributed by atoms with Gasteiger partial charge in [-0.2, -0.15) is 0 Å². The van der Waals surface area contributed by atoms with Gasteiger partial charge in [0.15, 0.2) is 0 Å². The number of methoxy groups -OCH3 is 1. The maximum absolute atomic E-state index is 13.6. The maximum Gasteiger partial charge on any atom is 0.128 e. The van der Waals surface area contributed by atoms with E-state index in [4.69, 9.17) is 9.47 Å². The summed E-state index contributed by atoms with van der Waals surface area (Å²) in [5.41, 5.74) is 1.72. The zero-order valence-electron chi connectivity index (χ0n) is 10.7. The van der Waals surface area contributed by atoms with Crippen molar-refractivity contribution in [3.8, 4) is 0 Å². The summed E-state index contributed by atoms with van der Waals surface area (Å²) in [6.07, 6.45) is 2.52. The van der Waals surface area contributed by atoms with Gasteiger partial charge in [0.1, 0.15) is 5.82 Å². The molecule has 1 aromatic carbocycles. The van der Waals surface area contributed by atoms with Crippen molar-refractivity contribution in [2.24, 2.45) is 0 Å². The van der Waals surface area contributed by atoms with Gasteiger partial charge in [0, 0.05) is 25.3 Å². The molecule has 0 amide bonds. The van der Waals surface area contributed by atoms with Gasteiger partial charge in [-0.25, -0.2) is 4.39 Å². The Bertz CT molecular complexity index is 380. The van der Waals surface area contributed by atoms with E-state index < -0.39 is 0 Å². The predicted molar refractivity (Wildman–Crippen MR) is 67.8 cm³/mol. The molecule has 0 aromatic heterocycles. The second kappa shape index (κ2) is 6.83. The van der Waals surface area contributed by atoms with Gasteiger partial charge >= 0.3 is 0 Å². The molecule has 1 N–H and O–H groups in total. The van der Waals surface area contributed by atoms with Gasteiger partial charge in [0.25, 0.3) is 0 Å². The van der Waals surface area contributed by atoms with Crippen LogP contribution < -0.4 is 5.32 Å². The van der Waals surface area contributed by atoms with Crippen molar-refractivity contribution in [3.63, 3.8) is 0 Å². The Morgan fingerprint density at radius 2 is 2.17 bits per heavy atom. The van der Waals surface area contributed by atoms with Gasteiger partial charge in [0.05, 0.1) is 19.8 Å². The van der Waals surface area contributed by atoms with Gasteiger partial charge in [-0.3, -0.25) is 0 Å². The summed E-state index contributed by atoms with van der Waals surface area (Å²) < 4.78 is 23.8. The lowest BCUT2D eigenvalue weighted by atomic mass is 10.1. The molecule has 18 heavy (non-hydrogen) atoms. The molecule has 1 aromatic rings. The third-order valence-electron chi connectivity index (χ3n) is 2.97. The first-order valence-corrected chi connectivity index (χ1v) is 6.37. The molecular weight excluding hydrogens is 233 g/mol. The first kappa shape index (κ1) is 13.5. The minimum Gasteiger partial charge on any atom is -0.382 e. The summed E-state index contributed by atoms with van der Waals surface area (Å²) in [6, 6.07) is 5.87. The van der Waals surface area contributed by atoms with Gasteiger partial charge in [-0.15, -0.1) is 0 Å². The van der Waals surface area contributed by atoms with E-state index in [0.717, 1.165) is 12.1 Å². The van der Waals surface area contributed by atoms with Crippen LogP contribution in [0, 0.1) is 5.82 Å². The Kier molecular flexibility index (Phi) is 5.11. The van der Waals surface area contributed by atoms with Crippen molar-refractivity contribution >= 4 is 0 Å². The summed E-state index contributed by atoms with van der Waals surface area (Å²) in [6.45, 7) is 2.12. The second-order valence-electron chi connectivity index (χ2n) is 4.63. The summed E-state index contributed by atoms with van der Waals surface area (Å²) in [7, 11) is 1.62. The molecule has 4 heteroatoms. The third-order valence-corrected chi connectivity index (χ3v) is 2.97. The fourth-order valence-corrected chi connectivity index (χ4v) is 1.72. The molecule has 2 rings (SSSR count). The largest absolute Gasteiger partial charge is 0.382 e. The third kappa shape index (κ3) is 4.37. The molecule has 0 radical (unpaired) electrons. The minimum atomic E-state index is -0.206. The number of nitrogens with one attached hydrogen (secondary N) is 1. The molecule has 0 aliphatic heterocycles. The van der Waals surface area contributed by atoms with E-state index in [1.807, 2.05) is 12.1 Å². The number of hydrogen-bond donors (Lipinski definition) is 1. The summed E-state index contributed by atoms with van der Waals surface area (Å²) in [4.78, 5) is 0. The molecule has 1 fully saturated rings. The summed E-state index contributed by atoms with van der Waals surface area (Å²) in [5.74, 6) is -0.206. The first-order valence-electron chi connectivity index (χ1n) is 6.37. The van der Waals surface area contributed by atoms with Crippen molar-refractivity contribution in [1.29, 1.82) is 0 Å². The van der Waals surface area contributed by atoms with Crippen LogP contribution in [-0.4, -0.2) is 26.4 Å². The normalized spacial score (nSPS) is 15.0. The predicted octanol–water partition coefficient (Wildman–Crippen LogP) is 2.24. The number of halogens is 1. The Morgan fingerprint density at radius 1 is 1.33 bits per heavy atom. The molecule has 3 nitrogen and oxygen atoms in total. The topological polar surface area (TPSA) is 30.5 Å². The molecule has 0 bridgehead atoms. The Hall–Kier alpha value is -0.970.